The number of carbonyl (C=O) groups excluding carboxylic acids is 3. The third-order valence-corrected chi connectivity index (χ3v) is 4.60. The van der Waals surface area contributed by atoms with Crippen LogP contribution in [0.25, 0.3) is 0 Å². The van der Waals surface area contributed by atoms with E-state index in [0.717, 1.165) is 0 Å². The maximum absolute atomic E-state index is 12.4. The van der Waals surface area contributed by atoms with Crippen molar-refractivity contribution in [2.45, 2.75) is 52.2 Å². The molecule has 2 amide bonds. The number of benzene rings is 1. The van der Waals surface area contributed by atoms with E-state index in [-0.39, 0.29) is 12.0 Å². The van der Waals surface area contributed by atoms with Gasteiger partial charge in [-0.1, -0.05) is 23.7 Å². The van der Waals surface area contributed by atoms with Crippen LogP contribution in [-0.2, 0) is 19.1 Å². The molecule has 1 aromatic carbocycles. The molecule has 0 bridgehead atoms. The summed E-state index contributed by atoms with van der Waals surface area (Å²) in [7, 11) is 0. The number of esters is 1. The Bertz CT molecular complexity index is 724. The molecule has 0 spiro atoms. The van der Waals surface area contributed by atoms with Gasteiger partial charge in [-0.3, -0.25) is 9.59 Å². The van der Waals surface area contributed by atoms with Crippen LogP contribution >= 0.6 is 11.6 Å². The molecule has 1 fully saturated rings. The first-order chi connectivity index (χ1) is 13.1. The molecule has 1 aliphatic heterocycles. The van der Waals surface area contributed by atoms with Crippen LogP contribution in [0.2, 0.25) is 5.02 Å². The van der Waals surface area contributed by atoms with E-state index in [1.54, 1.807) is 29.2 Å². The zero-order valence-corrected chi connectivity index (χ0v) is 17.4. The van der Waals surface area contributed by atoms with Crippen LogP contribution in [0.3, 0.4) is 0 Å². The van der Waals surface area contributed by atoms with Gasteiger partial charge in [0.25, 0.3) is 5.91 Å². The first-order valence-corrected chi connectivity index (χ1v) is 9.68. The Morgan fingerprint density at radius 1 is 1.18 bits per heavy atom. The minimum Gasteiger partial charge on any atom is -0.452 e. The molecule has 1 heterocycles. The molecule has 1 N–H and O–H groups in total. The van der Waals surface area contributed by atoms with Gasteiger partial charge in [-0.15, -0.1) is 0 Å². The van der Waals surface area contributed by atoms with Crippen molar-refractivity contribution in [2.24, 2.45) is 5.92 Å². The second-order valence-corrected chi connectivity index (χ2v) is 8.20. The van der Waals surface area contributed by atoms with Crippen LogP contribution in [0, 0.1) is 5.92 Å². The second kappa shape index (κ2) is 9.28. The molecule has 0 saturated carbocycles. The number of para-hydroxylation sites is 1. The lowest BCUT2D eigenvalue weighted by molar-refractivity contribution is -0.158. The number of nitrogens with one attached hydrogen (secondary N) is 1. The predicted octanol–water partition coefficient (Wildman–Crippen LogP) is 3.86. The van der Waals surface area contributed by atoms with Crippen molar-refractivity contribution in [3.05, 3.63) is 29.3 Å². The highest BCUT2D eigenvalue weighted by molar-refractivity contribution is 6.33. The molecule has 28 heavy (non-hydrogen) atoms. The molecule has 1 aromatic rings. The zero-order valence-electron chi connectivity index (χ0n) is 16.7. The molecule has 0 radical (unpaired) electrons. The van der Waals surface area contributed by atoms with Gasteiger partial charge in [0.2, 0.25) is 0 Å². The van der Waals surface area contributed by atoms with E-state index >= 15 is 0 Å². The molecule has 0 aliphatic carbocycles. The zero-order chi connectivity index (χ0) is 20.9. The number of hydrogen-bond acceptors (Lipinski definition) is 5. The first kappa shape index (κ1) is 22.0. The summed E-state index contributed by atoms with van der Waals surface area (Å²) in [5, 5.41) is 3.05. The Morgan fingerprint density at radius 3 is 2.36 bits per heavy atom. The molecule has 0 aromatic heterocycles. The van der Waals surface area contributed by atoms with E-state index in [2.05, 4.69) is 5.32 Å². The lowest BCUT2D eigenvalue weighted by Crippen LogP contribution is -2.43. The first-order valence-electron chi connectivity index (χ1n) is 9.30. The van der Waals surface area contributed by atoms with Gasteiger partial charge in [-0.25, -0.2) is 4.79 Å². The van der Waals surface area contributed by atoms with Crippen LogP contribution < -0.4 is 5.32 Å². The fourth-order valence-corrected chi connectivity index (χ4v) is 2.93. The summed E-state index contributed by atoms with van der Waals surface area (Å²) in [6, 6.07) is 6.83. The molecule has 154 valence electrons. The summed E-state index contributed by atoms with van der Waals surface area (Å²) in [6.45, 7) is 7.77. The van der Waals surface area contributed by atoms with Crippen molar-refractivity contribution in [2.75, 3.05) is 18.4 Å². The van der Waals surface area contributed by atoms with Crippen LogP contribution in [0.15, 0.2) is 24.3 Å². The minimum absolute atomic E-state index is 0.353. The summed E-state index contributed by atoms with van der Waals surface area (Å²) in [5.41, 5.74) is -0.0974. The van der Waals surface area contributed by atoms with Crippen LogP contribution in [0.1, 0.15) is 40.5 Å². The smallest absolute Gasteiger partial charge is 0.410 e. The highest BCUT2D eigenvalue weighted by Crippen LogP contribution is 2.23. The Labute approximate surface area is 170 Å². The monoisotopic (exact) mass is 410 g/mol. The van der Waals surface area contributed by atoms with Gasteiger partial charge in [-0.05, 0) is 52.7 Å². The number of amides is 2. The maximum atomic E-state index is 12.4. The summed E-state index contributed by atoms with van der Waals surface area (Å²) in [5.74, 6) is -1.24. The number of nitrogens with zero attached hydrogens (tertiary/aromatic N) is 1. The number of ether oxygens (including phenoxy) is 2. The number of likely N-dealkylation sites (tertiary alicyclic amines) is 1. The van der Waals surface area contributed by atoms with E-state index in [0.29, 0.717) is 36.6 Å². The highest BCUT2D eigenvalue weighted by Gasteiger charge is 2.32. The number of rotatable bonds is 4. The topological polar surface area (TPSA) is 84.9 Å². The largest absolute Gasteiger partial charge is 0.452 e. The molecule has 7 nitrogen and oxygen atoms in total. The molecule has 1 atom stereocenters. The van der Waals surface area contributed by atoms with Gasteiger partial charge in [0, 0.05) is 13.1 Å². The maximum Gasteiger partial charge on any atom is 0.410 e. The van der Waals surface area contributed by atoms with E-state index < -0.39 is 23.6 Å². The lowest BCUT2D eigenvalue weighted by atomic mass is 9.97. The van der Waals surface area contributed by atoms with E-state index in [4.69, 9.17) is 21.1 Å². The summed E-state index contributed by atoms with van der Waals surface area (Å²) >= 11 is 6.01. The average Bonchev–Trinajstić information content (AvgIpc) is 2.62. The Hall–Kier alpha value is -2.28. The average molecular weight is 411 g/mol. The van der Waals surface area contributed by atoms with Gasteiger partial charge >= 0.3 is 12.1 Å². The fraction of sp³-hybridized carbons (Fsp3) is 0.550. The molecular formula is C20H27ClN2O5. The van der Waals surface area contributed by atoms with Crippen molar-refractivity contribution < 1.29 is 23.9 Å². The van der Waals surface area contributed by atoms with Crippen molar-refractivity contribution in [1.29, 1.82) is 0 Å². The van der Waals surface area contributed by atoms with Crippen molar-refractivity contribution in [3.8, 4) is 0 Å². The van der Waals surface area contributed by atoms with Gasteiger partial charge in [0.1, 0.15) is 5.60 Å². The lowest BCUT2D eigenvalue weighted by Gasteiger charge is -2.32. The minimum atomic E-state index is -0.951. The molecule has 1 saturated heterocycles. The van der Waals surface area contributed by atoms with Crippen molar-refractivity contribution >= 4 is 35.3 Å². The van der Waals surface area contributed by atoms with Crippen LogP contribution in [0.4, 0.5) is 10.5 Å². The normalized spacial score (nSPS) is 16.2. The van der Waals surface area contributed by atoms with Gasteiger partial charge < -0.3 is 19.7 Å². The van der Waals surface area contributed by atoms with Gasteiger partial charge in [0.05, 0.1) is 16.6 Å². The second-order valence-electron chi connectivity index (χ2n) is 7.79. The Balaban J connectivity index is 1.81. The highest BCUT2D eigenvalue weighted by atomic mass is 35.5. The predicted molar refractivity (Wildman–Crippen MR) is 106 cm³/mol. The third-order valence-electron chi connectivity index (χ3n) is 4.27. The number of halogens is 1. The third kappa shape index (κ3) is 6.41. The van der Waals surface area contributed by atoms with Crippen LogP contribution in [0.5, 0.6) is 0 Å². The summed E-state index contributed by atoms with van der Waals surface area (Å²) in [6.07, 6.45) is -0.395. The van der Waals surface area contributed by atoms with E-state index in [1.165, 1.54) is 6.92 Å². The Kier molecular flexibility index (Phi) is 7.29. The molecule has 1 aliphatic rings. The van der Waals surface area contributed by atoms with Crippen molar-refractivity contribution in [3.63, 3.8) is 0 Å². The van der Waals surface area contributed by atoms with Gasteiger partial charge in [-0.2, -0.15) is 0 Å². The number of carbonyl (C=O) groups is 3. The standard InChI is InChI=1S/C20H27ClN2O5/c1-13(17(24)22-16-8-6-5-7-15(16)21)27-18(25)14-9-11-23(12-10-14)19(26)28-20(2,3)4/h5-8,13-14H,9-12H2,1-4H3,(H,22,24). The molecule has 2 rings (SSSR count). The molecular weight excluding hydrogens is 384 g/mol. The van der Waals surface area contributed by atoms with Crippen LogP contribution in [-0.4, -0.2) is 47.7 Å². The quantitative estimate of drug-likeness (QED) is 0.762. The number of anilines is 1. The van der Waals surface area contributed by atoms with E-state index in [1.807, 2.05) is 20.8 Å². The number of piperidine rings is 1. The van der Waals surface area contributed by atoms with Crippen molar-refractivity contribution in [1.82, 2.24) is 4.90 Å². The SMILES string of the molecule is CC(OC(=O)C1CCN(C(=O)OC(C)(C)C)CC1)C(=O)Nc1ccccc1Cl. The molecule has 8 heteroatoms. The number of hydrogen-bond donors (Lipinski definition) is 1. The summed E-state index contributed by atoms with van der Waals surface area (Å²) in [4.78, 5) is 38.3. The Morgan fingerprint density at radius 2 is 1.79 bits per heavy atom. The van der Waals surface area contributed by atoms with Gasteiger partial charge in [0.15, 0.2) is 6.10 Å². The molecule has 1 unspecified atom stereocenters. The summed E-state index contributed by atoms with van der Waals surface area (Å²) < 4.78 is 10.7. The fourth-order valence-electron chi connectivity index (χ4n) is 2.75. The van der Waals surface area contributed by atoms with E-state index in [9.17, 15) is 14.4 Å².